The first-order chi connectivity index (χ1) is 6.57. The summed E-state index contributed by atoms with van der Waals surface area (Å²) in [7, 11) is 0. The standard InChI is InChI=1S/C10H16N2O2/c1-4-5-6-11-9(13)7-12-10(14)8(2)3/h5,8H,1,6-7H2,2-3H3,(H,11,13)(H,12,14). The van der Waals surface area contributed by atoms with Crippen molar-refractivity contribution < 1.29 is 9.59 Å². The molecule has 0 aliphatic rings. The van der Waals surface area contributed by atoms with Gasteiger partial charge in [-0.05, 0) is 6.08 Å². The van der Waals surface area contributed by atoms with Crippen molar-refractivity contribution in [3.05, 3.63) is 18.4 Å². The lowest BCUT2D eigenvalue weighted by Gasteiger charge is -2.06. The molecule has 0 saturated heterocycles. The molecule has 4 nitrogen and oxygen atoms in total. The van der Waals surface area contributed by atoms with Gasteiger partial charge >= 0.3 is 0 Å². The summed E-state index contributed by atoms with van der Waals surface area (Å²) in [5.74, 6) is -0.444. The molecule has 4 heteroatoms. The van der Waals surface area contributed by atoms with Gasteiger partial charge in [-0.1, -0.05) is 20.4 Å². The monoisotopic (exact) mass is 196 g/mol. The maximum absolute atomic E-state index is 11.1. The summed E-state index contributed by atoms with van der Waals surface area (Å²) in [6, 6.07) is 0. The lowest BCUT2D eigenvalue weighted by Crippen LogP contribution is -2.38. The highest BCUT2D eigenvalue weighted by atomic mass is 16.2. The van der Waals surface area contributed by atoms with Crippen LogP contribution in [0.5, 0.6) is 0 Å². The van der Waals surface area contributed by atoms with E-state index in [-0.39, 0.29) is 24.3 Å². The molecule has 0 aromatic rings. The smallest absolute Gasteiger partial charge is 0.239 e. The topological polar surface area (TPSA) is 58.2 Å². The zero-order valence-electron chi connectivity index (χ0n) is 8.59. The molecule has 0 aliphatic heterocycles. The van der Waals surface area contributed by atoms with Crippen molar-refractivity contribution >= 4 is 11.8 Å². The van der Waals surface area contributed by atoms with Crippen LogP contribution in [-0.4, -0.2) is 24.9 Å². The zero-order valence-corrected chi connectivity index (χ0v) is 8.59. The second kappa shape index (κ2) is 6.92. The number of hydrogen-bond acceptors (Lipinski definition) is 2. The predicted molar refractivity (Wildman–Crippen MR) is 54.6 cm³/mol. The van der Waals surface area contributed by atoms with Crippen molar-refractivity contribution in [2.24, 2.45) is 5.92 Å². The highest BCUT2D eigenvalue weighted by Crippen LogP contribution is 1.89. The van der Waals surface area contributed by atoms with Crippen LogP contribution in [0.3, 0.4) is 0 Å². The molecule has 0 radical (unpaired) electrons. The molecule has 0 saturated carbocycles. The third-order valence-electron chi connectivity index (χ3n) is 1.49. The molecule has 78 valence electrons. The van der Waals surface area contributed by atoms with Crippen LogP contribution in [0.25, 0.3) is 0 Å². The van der Waals surface area contributed by atoms with Gasteiger partial charge in [0.2, 0.25) is 11.8 Å². The van der Waals surface area contributed by atoms with E-state index in [0.717, 1.165) is 0 Å². The highest BCUT2D eigenvalue weighted by Gasteiger charge is 2.07. The van der Waals surface area contributed by atoms with Gasteiger partial charge in [0.05, 0.1) is 6.54 Å². The molecule has 0 aliphatic carbocycles. The Morgan fingerprint density at radius 3 is 2.57 bits per heavy atom. The molecule has 0 fully saturated rings. The lowest BCUT2D eigenvalue weighted by atomic mass is 10.2. The number of nitrogens with one attached hydrogen (secondary N) is 2. The minimum absolute atomic E-state index is 0.0159. The van der Waals surface area contributed by atoms with Crippen LogP contribution in [0.1, 0.15) is 13.8 Å². The highest BCUT2D eigenvalue weighted by molar-refractivity contribution is 5.85. The van der Waals surface area contributed by atoms with E-state index in [1.54, 1.807) is 19.9 Å². The molecule has 2 amide bonds. The first-order valence-corrected chi connectivity index (χ1v) is 4.46. The minimum Gasteiger partial charge on any atom is -0.350 e. The average Bonchev–Trinajstić information content (AvgIpc) is 2.14. The molecular weight excluding hydrogens is 180 g/mol. The van der Waals surface area contributed by atoms with E-state index < -0.39 is 0 Å². The van der Waals surface area contributed by atoms with Crippen molar-refractivity contribution in [2.75, 3.05) is 13.1 Å². The van der Waals surface area contributed by atoms with Gasteiger partial charge in [-0.3, -0.25) is 9.59 Å². The first kappa shape index (κ1) is 12.5. The van der Waals surface area contributed by atoms with Gasteiger partial charge in [0.1, 0.15) is 0 Å². The maximum atomic E-state index is 11.1. The van der Waals surface area contributed by atoms with Gasteiger partial charge in [0.15, 0.2) is 0 Å². The SMILES string of the molecule is C=C=CCNC(=O)CNC(=O)C(C)C. The summed E-state index contributed by atoms with van der Waals surface area (Å²) in [4.78, 5) is 22.1. The van der Waals surface area contributed by atoms with Crippen molar-refractivity contribution in [1.82, 2.24) is 10.6 Å². The fourth-order valence-electron chi connectivity index (χ4n) is 0.671. The van der Waals surface area contributed by atoms with E-state index in [0.29, 0.717) is 6.54 Å². The Morgan fingerprint density at radius 1 is 1.43 bits per heavy atom. The second-order valence-corrected chi connectivity index (χ2v) is 3.08. The van der Waals surface area contributed by atoms with E-state index in [9.17, 15) is 9.59 Å². The average molecular weight is 196 g/mol. The normalized spacial score (nSPS) is 9.07. The van der Waals surface area contributed by atoms with Crippen LogP contribution in [0, 0.1) is 5.92 Å². The Morgan fingerprint density at radius 2 is 2.07 bits per heavy atom. The first-order valence-electron chi connectivity index (χ1n) is 4.46. The molecular formula is C10H16N2O2. The van der Waals surface area contributed by atoms with E-state index in [2.05, 4.69) is 22.9 Å². The number of amides is 2. The van der Waals surface area contributed by atoms with Crippen LogP contribution >= 0.6 is 0 Å². The van der Waals surface area contributed by atoms with Gasteiger partial charge in [-0.2, -0.15) is 0 Å². The Kier molecular flexibility index (Phi) is 6.16. The third kappa shape index (κ3) is 6.03. The quantitative estimate of drug-likeness (QED) is 0.618. The van der Waals surface area contributed by atoms with E-state index in [1.807, 2.05) is 0 Å². The minimum atomic E-state index is -0.217. The molecule has 2 N–H and O–H groups in total. The van der Waals surface area contributed by atoms with Crippen molar-refractivity contribution in [3.8, 4) is 0 Å². The van der Waals surface area contributed by atoms with Crippen LogP contribution in [0.4, 0.5) is 0 Å². The second-order valence-electron chi connectivity index (χ2n) is 3.08. The van der Waals surface area contributed by atoms with Gasteiger partial charge in [0.25, 0.3) is 0 Å². The summed E-state index contributed by atoms with van der Waals surface area (Å²) in [5.41, 5.74) is 2.53. The van der Waals surface area contributed by atoms with E-state index >= 15 is 0 Å². The van der Waals surface area contributed by atoms with E-state index in [4.69, 9.17) is 0 Å². The number of hydrogen-bond donors (Lipinski definition) is 2. The van der Waals surface area contributed by atoms with Gasteiger partial charge in [-0.15, -0.1) is 5.73 Å². The van der Waals surface area contributed by atoms with Crippen LogP contribution in [-0.2, 0) is 9.59 Å². The van der Waals surface area contributed by atoms with Crippen molar-refractivity contribution in [2.45, 2.75) is 13.8 Å². The van der Waals surface area contributed by atoms with Crippen molar-refractivity contribution in [3.63, 3.8) is 0 Å². The summed E-state index contributed by atoms with van der Waals surface area (Å²) in [6.07, 6.45) is 1.60. The zero-order chi connectivity index (χ0) is 11.0. The summed E-state index contributed by atoms with van der Waals surface area (Å²) >= 11 is 0. The van der Waals surface area contributed by atoms with E-state index in [1.165, 1.54) is 0 Å². The van der Waals surface area contributed by atoms with Crippen LogP contribution in [0.15, 0.2) is 18.4 Å². The molecule has 0 bridgehead atoms. The van der Waals surface area contributed by atoms with Gasteiger partial charge in [0, 0.05) is 12.5 Å². The van der Waals surface area contributed by atoms with Gasteiger partial charge < -0.3 is 10.6 Å². The molecule has 0 aromatic heterocycles. The molecule has 0 aromatic carbocycles. The van der Waals surface area contributed by atoms with Crippen LogP contribution < -0.4 is 10.6 Å². The molecule has 0 heterocycles. The van der Waals surface area contributed by atoms with Crippen LogP contribution in [0.2, 0.25) is 0 Å². The fourth-order valence-corrected chi connectivity index (χ4v) is 0.671. The molecule has 0 unspecified atom stereocenters. The molecule has 0 atom stereocenters. The Bertz CT molecular complexity index is 253. The van der Waals surface area contributed by atoms with Gasteiger partial charge in [-0.25, -0.2) is 0 Å². The Labute approximate surface area is 84.1 Å². The largest absolute Gasteiger partial charge is 0.350 e. The number of carbonyl (C=O) groups is 2. The third-order valence-corrected chi connectivity index (χ3v) is 1.49. The number of carbonyl (C=O) groups excluding carboxylic acids is 2. The Hall–Kier alpha value is -1.54. The Balaban J connectivity index is 3.63. The molecule has 0 rings (SSSR count). The predicted octanol–water partition coefficient (Wildman–Crippen LogP) is 0.216. The fraction of sp³-hybridized carbons (Fsp3) is 0.500. The number of rotatable bonds is 5. The summed E-state index contributed by atoms with van der Waals surface area (Å²) in [5, 5.41) is 5.07. The molecule has 14 heavy (non-hydrogen) atoms. The summed E-state index contributed by atoms with van der Waals surface area (Å²) in [6.45, 7) is 7.30. The molecule has 0 spiro atoms. The maximum Gasteiger partial charge on any atom is 0.239 e. The lowest BCUT2D eigenvalue weighted by molar-refractivity contribution is -0.127. The summed E-state index contributed by atoms with van der Waals surface area (Å²) < 4.78 is 0. The van der Waals surface area contributed by atoms with Crippen molar-refractivity contribution in [1.29, 1.82) is 0 Å².